The molecule has 0 rings (SSSR count). The van der Waals surface area contributed by atoms with Gasteiger partial charge >= 0.3 is 0 Å². The van der Waals surface area contributed by atoms with Crippen molar-refractivity contribution in [2.45, 2.75) is 39.5 Å². The molecule has 0 saturated carbocycles. The predicted molar refractivity (Wildman–Crippen MR) is 47.1 cm³/mol. The van der Waals surface area contributed by atoms with E-state index in [4.69, 9.17) is 4.74 Å². The van der Waals surface area contributed by atoms with E-state index in [-0.39, 0.29) is 14.3 Å². The van der Waals surface area contributed by atoms with Crippen LogP contribution < -0.4 is 0 Å². The summed E-state index contributed by atoms with van der Waals surface area (Å²) in [6.07, 6.45) is 2.18. The third-order valence-corrected chi connectivity index (χ3v) is 2.41. The molecule has 0 radical (unpaired) electrons. The molecule has 0 N–H and O–H groups in total. The Hall–Kier alpha value is 0.0600. The van der Waals surface area contributed by atoms with E-state index < -0.39 is 0 Å². The fraction of sp³-hybridized carbons (Fsp3) is 1.00. The molecule has 0 aromatic carbocycles. The zero-order valence-corrected chi connectivity index (χ0v) is 8.43. The van der Waals surface area contributed by atoms with E-state index in [1.807, 2.05) is 13.8 Å². The van der Waals surface area contributed by atoms with Crippen molar-refractivity contribution >= 4 is 8.46 Å². The van der Waals surface area contributed by atoms with E-state index in [1.165, 1.54) is 0 Å². The first-order valence-corrected chi connectivity index (χ1v) is 5.04. The van der Waals surface area contributed by atoms with Gasteiger partial charge in [-0.15, -0.1) is 0 Å². The number of ether oxygens (including phenoxy) is 1. The monoisotopic (exact) mass is 176 g/mol. The average molecular weight is 176 g/mol. The van der Waals surface area contributed by atoms with E-state index in [0.717, 1.165) is 19.4 Å². The molecule has 3 heteroatoms. The summed E-state index contributed by atoms with van der Waals surface area (Å²) in [6, 6.07) is 0. The van der Waals surface area contributed by atoms with Crippen LogP contribution in [0, 0.1) is 5.92 Å². The van der Waals surface area contributed by atoms with E-state index in [0.29, 0.717) is 5.92 Å². The zero-order valence-electron chi connectivity index (χ0n) is 7.54. The molecule has 66 valence electrons. The molecule has 0 aromatic rings. The molecule has 1 atom stereocenters. The van der Waals surface area contributed by atoms with Gasteiger partial charge in [0.25, 0.3) is 0 Å². The van der Waals surface area contributed by atoms with E-state index >= 15 is 0 Å². The maximum Gasteiger partial charge on any atom is 0.187 e. The molecule has 0 aliphatic carbocycles. The highest BCUT2D eigenvalue weighted by molar-refractivity contribution is 7.24. The van der Waals surface area contributed by atoms with Gasteiger partial charge in [0.2, 0.25) is 0 Å². The maximum atomic E-state index is 10.5. The molecule has 0 bridgehead atoms. The lowest BCUT2D eigenvalue weighted by molar-refractivity contribution is 0.0775. The van der Waals surface area contributed by atoms with Crippen molar-refractivity contribution in [1.82, 2.24) is 0 Å². The highest BCUT2D eigenvalue weighted by atomic mass is 31.1. The van der Waals surface area contributed by atoms with Crippen LogP contribution in [-0.4, -0.2) is 12.5 Å². The van der Waals surface area contributed by atoms with Crippen molar-refractivity contribution in [1.29, 1.82) is 0 Å². The average Bonchev–Trinajstić information content (AvgIpc) is 1.97. The van der Waals surface area contributed by atoms with Crippen molar-refractivity contribution in [3.63, 3.8) is 0 Å². The SMILES string of the molecule is CCCCOC(P=O)C(C)C. The van der Waals surface area contributed by atoms with Gasteiger partial charge in [-0.3, -0.25) is 4.57 Å². The van der Waals surface area contributed by atoms with Crippen molar-refractivity contribution in [3.8, 4) is 0 Å². The summed E-state index contributed by atoms with van der Waals surface area (Å²) in [4.78, 5) is 0. The van der Waals surface area contributed by atoms with Gasteiger partial charge in [-0.1, -0.05) is 27.2 Å². The Labute approximate surface area is 70.5 Å². The van der Waals surface area contributed by atoms with Crippen LogP contribution in [0.2, 0.25) is 0 Å². The molecule has 0 spiro atoms. The Kier molecular flexibility index (Phi) is 6.79. The summed E-state index contributed by atoms with van der Waals surface area (Å²) in [6.45, 7) is 6.88. The molecule has 0 aliphatic rings. The first-order valence-electron chi connectivity index (χ1n) is 4.16. The fourth-order valence-corrected chi connectivity index (χ4v) is 1.10. The van der Waals surface area contributed by atoms with Crippen LogP contribution in [0.25, 0.3) is 0 Å². The quantitative estimate of drug-likeness (QED) is 0.459. The van der Waals surface area contributed by atoms with E-state index in [9.17, 15) is 4.57 Å². The third kappa shape index (κ3) is 5.34. The highest BCUT2D eigenvalue weighted by Crippen LogP contribution is 2.18. The minimum atomic E-state index is -0.110. The Morgan fingerprint density at radius 2 is 2.09 bits per heavy atom. The third-order valence-electron chi connectivity index (χ3n) is 1.46. The molecule has 11 heavy (non-hydrogen) atoms. The minimum absolute atomic E-state index is 0.110. The molecule has 0 heterocycles. The molecule has 0 amide bonds. The Bertz CT molecular complexity index is 104. The molecule has 0 aromatic heterocycles. The van der Waals surface area contributed by atoms with Crippen LogP contribution in [0.4, 0.5) is 0 Å². The summed E-state index contributed by atoms with van der Waals surface area (Å²) in [5.41, 5.74) is 0. The van der Waals surface area contributed by atoms with Gasteiger partial charge in [-0.2, -0.15) is 0 Å². The Morgan fingerprint density at radius 3 is 2.45 bits per heavy atom. The van der Waals surface area contributed by atoms with Gasteiger partial charge in [-0.25, -0.2) is 0 Å². The van der Waals surface area contributed by atoms with Gasteiger partial charge in [0.1, 0.15) is 5.85 Å². The van der Waals surface area contributed by atoms with Crippen LogP contribution in [0.5, 0.6) is 0 Å². The smallest absolute Gasteiger partial charge is 0.187 e. The summed E-state index contributed by atoms with van der Waals surface area (Å²) in [5, 5.41) is 0. The summed E-state index contributed by atoms with van der Waals surface area (Å²) in [5.74, 6) is 0.229. The summed E-state index contributed by atoms with van der Waals surface area (Å²) in [7, 11) is 0.112. The second-order valence-electron chi connectivity index (χ2n) is 2.96. The van der Waals surface area contributed by atoms with Gasteiger partial charge in [0.15, 0.2) is 8.46 Å². The van der Waals surface area contributed by atoms with Crippen LogP contribution >= 0.6 is 8.46 Å². The van der Waals surface area contributed by atoms with Crippen molar-refractivity contribution in [2.24, 2.45) is 5.92 Å². The van der Waals surface area contributed by atoms with Gasteiger partial charge in [0.05, 0.1) is 0 Å². The molecule has 0 fully saturated rings. The van der Waals surface area contributed by atoms with Crippen LogP contribution in [-0.2, 0) is 9.30 Å². The predicted octanol–water partition coefficient (Wildman–Crippen LogP) is 3.08. The second-order valence-corrected chi connectivity index (χ2v) is 3.68. The lowest BCUT2D eigenvalue weighted by atomic mass is 10.2. The topological polar surface area (TPSA) is 26.3 Å². The fourth-order valence-electron chi connectivity index (χ4n) is 0.693. The molecular weight excluding hydrogens is 159 g/mol. The van der Waals surface area contributed by atoms with Crippen LogP contribution in [0.3, 0.4) is 0 Å². The lowest BCUT2D eigenvalue weighted by Gasteiger charge is -2.13. The van der Waals surface area contributed by atoms with Gasteiger partial charge in [0, 0.05) is 6.61 Å². The number of unbranched alkanes of at least 4 members (excludes halogenated alkanes) is 1. The van der Waals surface area contributed by atoms with Crippen LogP contribution in [0.1, 0.15) is 33.6 Å². The zero-order chi connectivity index (χ0) is 8.69. The number of hydrogen-bond acceptors (Lipinski definition) is 2. The lowest BCUT2D eigenvalue weighted by Crippen LogP contribution is -2.13. The second kappa shape index (κ2) is 6.75. The largest absolute Gasteiger partial charge is 0.366 e. The highest BCUT2D eigenvalue weighted by Gasteiger charge is 2.12. The van der Waals surface area contributed by atoms with Crippen molar-refractivity contribution < 1.29 is 9.30 Å². The van der Waals surface area contributed by atoms with E-state index in [1.54, 1.807) is 0 Å². The first kappa shape index (κ1) is 11.1. The summed E-state index contributed by atoms with van der Waals surface area (Å²) < 4.78 is 15.9. The standard InChI is InChI=1S/C8H17O2P/c1-4-5-6-10-8(11-9)7(2)3/h7-8H,4-6H2,1-3H3. The molecule has 0 aliphatic heterocycles. The number of hydrogen-bond donors (Lipinski definition) is 0. The van der Waals surface area contributed by atoms with Crippen molar-refractivity contribution in [3.05, 3.63) is 0 Å². The summed E-state index contributed by atoms with van der Waals surface area (Å²) >= 11 is 0. The van der Waals surface area contributed by atoms with Gasteiger partial charge in [-0.05, 0) is 12.3 Å². The maximum absolute atomic E-state index is 10.5. The van der Waals surface area contributed by atoms with Gasteiger partial charge < -0.3 is 4.74 Å². The van der Waals surface area contributed by atoms with Crippen molar-refractivity contribution in [2.75, 3.05) is 6.61 Å². The van der Waals surface area contributed by atoms with Crippen LogP contribution in [0.15, 0.2) is 0 Å². The Balaban J connectivity index is 3.44. The molecule has 1 unspecified atom stereocenters. The molecule has 2 nitrogen and oxygen atoms in total. The Morgan fingerprint density at radius 1 is 1.45 bits per heavy atom. The number of rotatable bonds is 6. The normalized spacial score (nSPS) is 14.2. The molecular formula is C8H17O2P. The molecule has 0 saturated heterocycles. The minimum Gasteiger partial charge on any atom is -0.366 e. The first-order chi connectivity index (χ1) is 5.22. The van der Waals surface area contributed by atoms with E-state index in [2.05, 4.69) is 6.92 Å².